The molecule has 2 aromatic heterocycles. The monoisotopic (exact) mass is 384 g/mol. The fourth-order valence-corrected chi connectivity index (χ4v) is 3.44. The molecule has 0 aliphatic heterocycles. The molecule has 0 unspecified atom stereocenters. The number of nitrogens with zero attached hydrogens (tertiary/aromatic N) is 2. The molecule has 0 radical (unpaired) electrons. The lowest BCUT2D eigenvalue weighted by molar-refractivity contribution is -0.141. The van der Waals surface area contributed by atoms with E-state index < -0.39 is 33.9 Å². The quantitative estimate of drug-likeness (QED) is 0.687. The Hall–Kier alpha value is -2.88. The zero-order valence-electron chi connectivity index (χ0n) is 13.4. The van der Waals surface area contributed by atoms with Gasteiger partial charge in [-0.25, -0.2) is 4.79 Å². The maximum atomic E-state index is 12.8. The van der Waals surface area contributed by atoms with Gasteiger partial charge in [-0.15, -0.1) is 0 Å². The molecule has 0 amide bonds. The van der Waals surface area contributed by atoms with Crippen LogP contribution in [0.2, 0.25) is 0 Å². The van der Waals surface area contributed by atoms with Gasteiger partial charge in [0.2, 0.25) is 5.43 Å². The average molecular weight is 384 g/mol. The first-order chi connectivity index (χ1) is 12.1. The highest BCUT2D eigenvalue weighted by atomic mass is 32.1. The third-order valence-electron chi connectivity index (χ3n) is 3.73. The summed E-state index contributed by atoms with van der Waals surface area (Å²) in [5.74, 6) is -0.962. The fraction of sp³-hybridized carbons (Fsp3) is 0.188. The number of benzene rings is 1. The molecule has 0 aliphatic carbocycles. The van der Waals surface area contributed by atoms with Crippen molar-refractivity contribution in [3.8, 4) is 16.3 Å². The molecule has 0 atom stereocenters. The van der Waals surface area contributed by atoms with Gasteiger partial charge in [-0.3, -0.25) is 9.48 Å². The van der Waals surface area contributed by atoms with E-state index in [9.17, 15) is 27.9 Å². The van der Waals surface area contributed by atoms with Crippen LogP contribution < -0.4 is 5.43 Å². The number of aromatic hydroxyl groups is 1. The molecule has 0 spiro atoms. The smallest absolute Gasteiger partial charge is 0.435 e. The number of hydrogen-bond acceptors (Lipinski definition) is 6. The van der Waals surface area contributed by atoms with Crippen LogP contribution >= 0.6 is 11.3 Å². The molecule has 3 rings (SSSR count). The van der Waals surface area contributed by atoms with E-state index in [1.54, 1.807) is 0 Å². The van der Waals surface area contributed by atoms with E-state index >= 15 is 0 Å². The van der Waals surface area contributed by atoms with Crippen molar-refractivity contribution < 1.29 is 27.8 Å². The van der Waals surface area contributed by atoms with Crippen LogP contribution in [0.1, 0.15) is 16.1 Å². The van der Waals surface area contributed by atoms with Crippen LogP contribution in [0.25, 0.3) is 21.3 Å². The first-order valence-electron chi connectivity index (χ1n) is 7.13. The first kappa shape index (κ1) is 17.9. The van der Waals surface area contributed by atoms with Crippen LogP contribution in [0.3, 0.4) is 0 Å². The summed E-state index contributed by atoms with van der Waals surface area (Å²) in [6.45, 7) is 0. The number of ether oxygens (including phenoxy) is 1. The second-order valence-electron chi connectivity index (χ2n) is 5.35. The van der Waals surface area contributed by atoms with Crippen LogP contribution in [0, 0.1) is 0 Å². The number of methoxy groups -OCH3 is 1. The molecule has 3 aromatic rings. The Bertz CT molecular complexity index is 1090. The second-order valence-corrected chi connectivity index (χ2v) is 6.38. The second kappa shape index (κ2) is 6.13. The third kappa shape index (κ3) is 2.92. The summed E-state index contributed by atoms with van der Waals surface area (Å²) in [6.07, 6.45) is -4.58. The zero-order chi connectivity index (χ0) is 19.2. The van der Waals surface area contributed by atoms with Crippen LogP contribution in [0.5, 0.6) is 5.06 Å². The summed E-state index contributed by atoms with van der Waals surface area (Å²) < 4.78 is 44.3. The molecular formula is C16H11F3N2O4S. The molecule has 136 valence electrons. The number of carbonyl (C=O) groups excluding carboxylic acids is 1. The Morgan fingerprint density at radius 3 is 2.58 bits per heavy atom. The number of esters is 1. The number of alkyl halides is 3. The standard InChI is InChI=1S/C16H11F3N2O4S/c1-21-9(6-11(20-21)16(17,18)19)7-3-4-8-10(5-7)26-15(24)12(13(8)22)14(23)25-2/h3-6,24H,1-2H3. The summed E-state index contributed by atoms with van der Waals surface area (Å²) in [5.41, 5.74) is -1.65. The molecule has 26 heavy (non-hydrogen) atoms. The molecule has 0 aliphatic rings. The molecule has 0 bridgehead atoms. The van der Waals surface area contributed by atoms with Gasteiger partial charge in [-0.05, 0) is 18.2 Å². The minimum Gasteiger partial charge on any atom is -0.499 e. The van der Waals surface area contributed by atoms with Gasteiger partial charge in [0.1, 0.15) is 0 Å². The van der Waals surface area contributed by atoms with E-state index in [1.165, 1.54) is 25.2 Å². The largest absolute Gasteiger partial charge is 0.499 e. The normalized spacial score (nSPS) is 11.7. The predicted octanol–water partition coefficient (Wildman–Crippen LogP) is 3.17. The minimum absolute atomic E-state index is 0.148. The predicted molar refractivity (Wildman–Crippen MR) is 88.3 cm³/mol. The number of hydrogen-bond donors (Lipinski definition) is 1. The Balaban J connectivity index is 2.19. The lowest BCUT2D eigenvalue weighted by Gasteiger charge is -2.06. The van der Waals surface area contributed by atoms with Gasteiger partial charge in [-0.1, -0.05) is 17.4 Å². The summed E-state index contributed by atoms with van der Waals surface area (Å²) in [5, 5.41) is 13.0. The molecular weight excluding hydrogens is 373 g/mol. The van der Waals surface area contributed by atoms with Crippen LogP contribution in [-0.2, 0) is 18.0 Å². The van der Waals surface area contributed by atoms with Crippen molar-refractivity contribution in [3.63, 3.8) is 0 Å². The van der Waals surface area contributed by atoms with Gasteiger partial charge in [0.25, 0.3) is 0 Å². The van der Waals surface area contributed by atoms with Crippen molar-refractivity contribution >= 4 is 27.4 Å². The van der Waals surface area contributed by atoms with Crippen molar-refractivity contribution in [3.05, 3.63) is 45.7 Å². The van der Waals surface area contributed by atoms with Gasteiger partial charge in [0.15, 0.2) is 16.3 Å². The van der Waals surface area contributed by atoms with Crippen molar-refractivity contribution in [1.82, 2.24) is 9.78 Å². The fourth-order valence-electron chi connectivity index (χ4n) is 2.50. The summed E-state index contributed by atoms with van der Waals surface area (Å²) in [7, 11) is 2.45. The first-order valence-corrected chi connectivity index (χ1v) is 7.95. The molecule has 1 N–H and O–H groups in total. The summed E-state index contributed by atoms with van der Waals surface area (Å²) in [6, 6.07) is 5.19. The highest BCUT2D eigenvalue weighted by Crippen LogP contribution is 2.34. The molecule has 10 heteroatoms. The average Bonchev–Trinajstić information content (AvgIpc) is 2.96. The van der Waals surface area contributed by atoms with E-state index in [0.717, 1.165) is 29.2 Å². The molecule has 1 aromatic carbocycles. The van der Waals surface area contributed by atoms with Gasteiger partial charge in [0, 0.05) is 22.7 Å². The number of halogens is 3. The van der Waals surface area contributed by atoms with Gasteiger partial charge < -0.3 is 9.84 Å². The molecule has 2 heterocycles. The Labute approximate surface area is 148 Å². The van der Waals surface area contributed by atoms with E-state index in [2.05, 4.69) is 9.84 Å². The highest BCUT2D eigenvalue weighted by molar-refractivity contribution is 7.20. The van der Waals surface area contributed by atoms with Crippen molar-refractivity contribution in [2.75, 3.05) is 7.11 Å². The lowest BCUT2D eigenvalue weighted by atomic mass is 10.1. The van der Waals surface area contributed by atoms with E-state index in [-0.39, 0.29) is 11.1 Å². The summed E-state index contributed by atoms with van der Waals surface area (Å²) >= 11 is 0.756. The number of rotatable bonds is 2. The number of aryl methyl sites for hydroxylation is 1. The molecule has 0 saturated heterocycles. The van der Waals surface area contributed by atoms with Crippen LogP contribution in [0.4, 0.5) is 13.2 Å². The van der Waals surface area contributed by atoms with Crippen molar-refractivity contribution in [1.29, 1.82) is 0 Å². The van der Waals surface area contributed by atoms with Crippen LogP contribution in [-0.4, -0.2) is 28.0 Å². The number of fused-ring (bicyclic) bond motifs is 1. The van der Waals surface area contributed by atoms with E-state index in [1.807, 2.05) is 0 Å². The Morgan fingerprint density at radius 2 is 2.00 bits per heavy atom. The third-order valence-corrected chi connectivity index (χ3v) is 4.68. The molecule has 0 saturated carbocycles. The Kier molecular flexibility index (Phi) is 4.23. The van der Waals surface area contributed by atoms with Gasteiger partial charge in [-0.2, -0.15) is 18.3 Å². The number of aromatic nitrogens is 2. The highest BCUT2D eigenvalue weighted by Gasteiger charge is 2.34. The van der Waals surface area contributed by atoms with E-state index in [4.69, 9.17) is 0 Å². The summed E-state index contributed by atoms with van der Waals surface area (Å²) in [4.78, 5) is 24.0. The minimum atomic E-state index is -4.58. The maximum absolute atomic E-state index is 12.8. The maximum Gasteiger partial charge on any atom is 0.435 e. The zero-order valence-corrected chi connectivity index (χ0v) is 14.2. The molecule has 6 nitrogen and oxygen atoms in total. The van der Waals surface area contributed by atoms with E-state index in [0.29, 0.717) is 10.3 Å². The van der Waals surface area contributed by atoms with Crippen molar-refractivity contribution in [2.45, 2.75) is 6.18 Å². The molecule has 0 fully saturated rings. The van der Waals surface area contributed by atoms with Crippen LogP contribution in [0.15, 0.2) is 29.1 Å². The Morgan fingerprint density at radius 1 is 1.31 bits per heavy atom. The SMILES string of the molecule is COC(=O)c1c(O)sc2cc(-c3cc(C(F)(F)F)nn3C)ccc2c1=O. The lowest BCUT2D eigenvalue weighted by Crippen LogP contribution is -2.15. The van der Waals surface area contributed by atoms with Gasteiger partial charge >= 0.3 is 12.1 Å². The van der Waals surface area contributed by atoms with Crippen molar-refractivity contribution in [2.24, 2.45) is 7.05 Å². The van der Waals surface area contributed by atoms with Gasteiger partial charge in [0.05, 0.1) is 12.8 Å². The number of carbonyl (C=O) groups is 1. The topological polar surface area (TPSA) is 81.4 Å².